The highest BCUT2D eigenvalue weighted by Crippen LogP contribution is 2.22. The van der Waals surface area contributed by atoms with Crippen LogP contribution in [0.1, 0.15) is 27.8 Å². The molecule has 0 atom stereocenters. The lowest BCUT2D eigenvalue weighted by atomic mass is 10.1. The molecule has 0 saturated heterocycles. The van der Waals surface area contributed by atoms with Crippen molar-refractivity contribution in [1.29, 1.82) is 0 Å². The molecular weight excluding hydrogens is 256 g/mol. The maximum Gasteiger partial charge on any atom is 0.0400 e. The molecule has 0 radical (unpaired) electrons. The quantitative estimate of drug-likeness (QED) is 0.773. The van der Waals surface area contributed by atoms with E-state index in [0.29, 0.717) is 0 Å². The molecule has 0 aliphatic carbocycles. The van der Waals surface area contributed by atoms with Gasteiger partial charge in [-0.2, -0.15) is 0 Å². The zero-order valence-corrected chi connectivity index (χ0v) is 13.8. The highest BCUT2D eigenvalue weighted by atomic mass is 15.0. The Morgan fingerprint density at radius 2 is 1.10 bits per heavy atom. The van der Waals surface area contributed by atoms with Crippen LogP contribution < -0.4 is 10.6 Å². The van der Waals surface area contributed by atoms with Crippen molar-refractivity contribution in [3.05, 3.63) is 58.1 Å². The van der Waals surface area contributed by atoms with E-state index in [1.807, 2.05) is 0 Å². The lowest BCUT2D eigenvalue weighted by Gasteiger charge is -2.16. The zero-order valence-electron chi connectivity index (χ0n) is 13.8. The predicted molar refractivity (Wildman–Crippen MR) is 93.5 cm³/mol. The fraction of sp³-hybridized carbons (Fsp3) is 0.368. The van der Waals surface area contributed by atoms with Crippen LogP contribution in [-0.4, -0.2) is 13.1 Å². The lowest BCUT2D eigenvalue weighted by Crippen LogP contribution is -2.16. The average molecular weight is 282 g/mol. The summed E-state index contributed by atoms with van der Waals surface area (Å²) in [6, 6.07) is 10.9. The Morgan fingerprint density at radius 3 is 1.57 bits per heavy atom. The summed E-state index contributed by atoms with van der Waals surface area (Å²) in [6.45, 7) is 12.6. The SMILES string of the molecule is Cc1cc(C)c(NCCNc2c(C)cccc2C)c(C)c1. The first-order valence-electron chi connectivity index (χ1n) is 7.61. The largest absolute Gasteiger partial charge is 0.383 e. The summed E-state index contributed by atoms with van der Waals surface area (Å²) >= 11 is 0. The van der Waals surface area contributed by atoms with Crippen LogP contribution in [0.3, 0.4) is 0 Å². The number of hydrogen-bond donors (Lipinski definition) is 2. The highest BCUT2D eigenvalue weighted by Gasteiger charge is 2.04. The third kappa shape index (κ3) is 3.78. The Balaban J connectivity index is 1.94. The van der Waals surface area contributed by atoms with Crippen LogP contribution in [0.2, 0.25) is 0 Å². The fourth-order valence-electron chi connectivity index (χ4n) is 2.93. The number of rotatable bonds is 5. The van der Waals surface area contributed by atoms with Gasteiger partial charge in [-0.15, -0.1) is 0 Å². The Bertz CT molecular complexity index is 586. The smallest absolute Gasteiger partial charge is 0.0400 e. The number of aryl methyl sites for hydroxylation is 5. The minimum Gasteiger partial charge on any atom is -0.383 e. The second kappa shape index (κ2) is 6.66. The van der Waals surface area contributed by atoms with Crippen molar-refractivity contribution >= 4 is 11.4 Å². The minimum absolute atomic E-state index is 0.915. The number of benzene rings is 2. The van der Waals surface area contributed by atoms with Crippen molar-refractivity contribution in [1.82, 2.24) is 0 Å². The summed E-state index contributed by atoms with van der Waals surface area (Å²) in [7, 11) is 0. The first kappa shape index (κ1) is 15.4. The molecule has 0 aromatic heterocycles. The van der Waals surface area contributed by atoms with Gasteiger partial charge in [0.25, 0.3) is 0 Å². The van der Waals surface area contributed by atoms with Gasteiger partial charge in [0.15, 0.2) is 0 Å². The normalized spacial score (nSPS) is 10.5. The molecule has 2 rings (SSSR count). The maximum atomic E-state index is 3.56. The molecule has 0 heterocycles. The molecule has 0 unspecified atom stereocenters. The summed E-state index contributed by atoms with van der Waals surface area (Å²) in [4.78, 5) is 0. The van der Waals surface area contributed by atoms with Gasteiger partial charge in [-0.3, -0.25) is 0 Å². The molecule has 112 valence electrons. The maximum absolute atomic E-state index is 3.56. The molecule has 0 spiro atoms. The topological polar surface area (TPSA) is 24.1 Å². The van der Waals surface area contributed by atoms with Gasteiger partial charge >= 0.3 is 0 Å². The first-order valence-corrected chi connectivity index (χ1v) is 7.61. The molecule has 0 amide bonds. The van der Waals surface area contributed by atoms with E-state index in [0.717, 1.165) is 13.1 Å². The molecule has 0 saturated carbocycles. The Kier molecular flexibility index (Phi) is 4.89. The first-order chi connectivity index (χ1) is 9.99. The van der Waals surface area contributed by atoms with E-state index in [1.165, 1.54) is 39.2 Å². The van der Waals surface area contributed by atoms with Gasteiger partial charge < -0.3 is 10.6 Å². The van der Waals surface area contributed by atoms with Crippen LogP contribution in [-0.2, 0) is 0 Å². The molecule has 0 aliphatic heterocycles. The van der Waals surface area contributed by atoms with Gasteiger partial charge in [0, 0.05) is 24.5 Å². The van der Waals surface area contributed by atoms with Crippen molar-refractivity contribution in [3.63, 3.8) is 0 Å². The van der Waals surface area contributed by atoms with Gasteiger partial charge in [-0.25, -0.2) is 0 Å². The van der Waals surface area contributed by atoms with Crippen LogP contribution >= 0.6 is 0 Å². The molecule has 0 aliphatic rings. The van der Waals surface area contributed by atoms with Gasteiger partial charge in [0.05, 0.1) is 0 Å². The molecule has 2 heteroatoms. The molecule has 2 aromatic carbocycles. The second-order valence-electron chi connectivity index (χ2n) is 5.89. The van der Waals surface area contributed by atoms with Crippen LogP contribution in [0.25, 0.3) is 0 Å². The number of nitrogens with one attached hydrogen (secondary N) is 2. The number of para-hydroxylation sites is 1. The third-order valence-electron chi connectivity index (χ3n) is 3.89. The molecule has 0 bridgehead atoms. The average Bonchev–Trinajstić information content (AvgIpc) is 2.39. The van der Waals surface area contributed by atoms with E-state index < -0.39 is 0 Å². The Morgan fingerprint density at radius 1 is 0.667 bits per heavy atom. The Hall–Kier alpha value is -1.96. The summed E-state index contributed by atoms with van der Waals surface area (Å²) in [5.74, 6) is 0. The lowest BCUT2D eigenvalue weighted by molar-refractivity contribution is 1.06. The highest BCUT2D eigenvalue weighted by molar-refractivity contribution is 5.59. The van der Waals surface area contributed by atoms with Crippen LogP contribution in [0.5, 0.6) is 0 Å². The van der Waals surface area contributed by atoms with E-state index in [4.69, 9.17) is 0 Å². The summed E-state index contributed by atoms with van der Waals surface area (Å²) in [6.07, 6.45) is 0. The van der Waals surface area contributed by atoms with E-state index in [-0.39, 0.29) is 0 Å². The molecule has 2 N–H and O–H groups in total. The van der Waals surface area contributed by atoms with E-state index in [1.54, 1.807) is 0 Å². The monoisotopic (exact) mass is 282 g/mol. The molecule has 2 nitrogen and oxygen atoms in total. The zero-order chi connectivity index (χ0) is 15.4. The van der Waals surface area contributed by atoms with Crippen molar-refractivity contribution in [2.45, 2.75) is 34.6 Å². The van der Waals surface area contributed by atoms with Crippen molar-refractivity contribution in [2.75, 3.05) is 23.7 Å². The molecule has 21 heavy (non-hydrogen) atoms. The molecular formula is C19H26N2. The van der Waals surface area contributed by atoms with Crippen molar-refractivity contribution < 1.29 is 0 Å². The van der Waals surface area contributed by atoms with Crippen molar-refractivity contribution in [2.24, 2.45) is 0 Å². The van der Waals surface area contributed by atoms with E-state index in [9.17, 15) is 0 Å². The van der Waals surface area contributed by atoms with E-state index in [2.05, 4.69) is 75.6 Å². The van der Waals surface area contributed by atoms with Crippen LogP contribution in [0, 0.1) is 34.6 Å². The molecule has 0 fully saturated rings. The Labute approximate surface area is 128 Å². The predicted octanol–water partition coefficient (Wildman–Crippen LogP) is 4.75. The second-order valence-corrected chi connectivity index (χ2v) is 5.89. The van der Waals surface area contributed by atoms with Crippen LogP contribution in [0.15, 0.2) is 30.3 Å². The third-order valence-corrected chi connectivity index (χ3v) is 3.89. The minimum atomic E-state index is 0.915. The summed E-state index contributed by atoms with van der Waals surface area (Å²) < 4.78 is 0. The fourth-order valence-corrected chi connectivity index (χ4v) is 2.93. The van der Waals surface area contributed by atoms with Gasteiger partial charge in [-0.1, -0.05) is 35.9 Å². The summed E-state index contributed by atoms with van der Waals surface area (Å²) in [5, 5.41) is 7.09. The van der Waals surface area contributed by atoms with E-state index >= 15 is 0 Å². The van der Waals surface area contributed by atoms with Gasteiger partial charge in [0.1, 0.15) is 0 Å². The number of hydrogen-bond acceptors (Lipinski definition) is 2. The van der Waals surface area contributed by atoms with Crippen molar-refractivity contribution in [3.8, 4) is 0 Å². The molecule has 2 aromatic rings. The summed E-state index contributed by atoms with van der Waals surface area (Å²) in [5.41, 5.74) is 9.10. The van der Waals surface area contributed by atoms with Crippen LogP contribution in [0.4, 0.5) is 11.4 Å². The van der Waals surface area contributed by atoms with Gasteiger partial charge in [-0.05, 0) is 56.9 Å². The van der Waals surface area contributed by atoms with Gasteiger partial charge in [0.2, 0.25) is 0 Å². The number of anilines is 2. The standard InChI is InChI=1S/C19H26N2/c1-13-11-16(4)19(17(5)12-13)21-10-9-20-18-14(2)7-6-8-15(18)3/h6-8,11-12,20-21H,9-10H2,1-5H3.